The summed E-state index contributed by atoms with van der Waals surface area (Å²) in [5.74, 6) is -0.0737. The fourth-order valence-corrected chi connectivity index (χ4v) is 3.56. The minimum atomic E-state index is -0.438. The summed E-state index contributed by atoms with van der Waals surface area (Å²) >= 11 is 5.99. The predicted octanol–water partition coefficient (Wildman–Crippen LogP) is 3.74. The fourth-order valence-electron chi connectivity index (χ4n) is 3.37. The van der Waals surface area contributed by atoms with Crippen LogP contribution in [0.1, 0.15) is 38.5 Å². The molecule has 1 N–H and O–H groups in total. The molecule has 2 fully saturated rings. The van der Waals surface area contributed by atoms with E-state index in [0.29, 0.717) is 17.3 Å². The number of carbonyl (C=O) groups excluding carboxylic acids is 2. The third kappa shape index (κ3) is 2.64. The first-order valence-corrected chi connectivity index (χ1v) is 7.88. The van der Waals surface area contributed by atoms with E-state index in [1.165, 1.54) is 17.7 Å². The molecule has 1 aliphatic carbocycles. The van der Waals surface area contributed by atoms with Crippen LogP contribution in [0.15, 0.2) is 24.3 Å². The molecule has 1 saturated carbocycles. The van der Waals surface area contributed by atoms with E-state index in [4.69, 9.17) is 11.6 Å². The summed E-state index contributed by atoms with van der Waals surface area (Å²) in [4.78, 5) is 26.4. The highest BCUT2D eigenvalue weighted by molar-refractivity contribution is 6.31. The van der Waals surface area contributed by atoms with Crippen LogP contribution in [0.5, 0.6) is 0 Å². The minimum absolute atomic E-state index is 0.0737. The lowest BCUT2D eigenvalue weighted by Gasteiger charge is -2.40. The molecule has 0 atom stereocenters. The Hall–Kier alpha value is -1.55. The Morgan fingerprint density at radius 3 is 2.48 bits per heavy atom. The topological polar surface area (TPSA) is 49.4 Å². The second kappa shape index (κ2) is 5.68. The zero-order valence-corrected chi connectivity index (χ0v) is 12.7. The smallest absolute Gasteiger partial charge is 0.328 e. The number of nitrogens with one attached hydrogen (secondary N) is 1. The Bertz CT molecular complexity index is 565. The molecule has 0 radical (unpaired) electrons. The van der Waals surface area contributed by atoms with Gasteiger partial charge in [-0.3, -0.25) is 4.79 Å². The number of anilines is 1. The van der Waals surface area contributed by atoms with Gasteiger partial charge in [0.05, 0.1) is 11.1 Å². The fraction of sp³-hybridized carbons (Fsp3) is 0.500. The van der Waals surface area contributed by atoms with Crippen LogP contribution in [0.2, 0.25) is 5.02 Å². The van der Waals surface area contributed by atoms with E-state index in [1.807, 2.05) is 0 Å². The zero-order valence-electron chi connectivity index (χ0n) is 11.9. The second-order valence-corrected chi connectivity index (χ2v) is 6.41. The Morgan fingerprint density at radius 1 is 1.10 bits per heavy atom. The Morgan fingerprint density at radius 2 is 1.81 bits per heavy atom. The molecule has 0 unspecified atom stereocenters. The summed E-state index contributed by atoms with van der Waals surface area (Å²) in [6, 6.07) is 6.55. The van der Waals surface area contributed by atoms with E-state index >= 15 is 0 Å². The van der Waals surface area contributed by atoms with Crippen LogP contribution in [0.4, 0.5) is 10.5 Å². The molecular formula is C16H19ClN2O2. The quantitative estimate of drug-likeness (QED) is 0.859. The standard InChI is InChI=1S/C16H19ClN2O2/c17-12-6-5-7-13(10-12)19-14(20)16(11-18-15(19)21)8-3-1-2-4-9-16/h5-7,10H,1-4,8-9,11H2,(H,18,21). The van der Waals surface area contributed by atoms with Crippen LogP contribution in [-0.2, 0) is 4.79 Å². The number of urea groups is 1. The largest absolute Gasteiger partial charge is 0.336 e. The highest BCUT2D eigenvalue weighted by Crippen LogP contribution is 2.39. The molecule has 112 valence electrons. The lowest BCUT2D eigenvalue weighted by atomic mass is 9.77. The average Bonchev–Trinajstić information content (AvgIpc) is 2.70. The Labute approximate surface area is 129 Å². The molecule has 2 aliphatic rings. The molecule has 3 amide bonds. The van der Waals surface area contributed by atoms with E-state index in [1.54, 1.807) is 24.3 Å². The number of amides is 3. The maximum absolute atomic E-state index is 13.0. The summed E-state index contributed by atoms with van der Waals surface area (Å²) in [5, 5.41) is 3.41. The molecule has 5 heteroatoms. The first-order valence-electron chi connectivity index (χ1n) is 7.50. The third-order valence-electron chi connectivity index (χ3n) is 4.56. The van der Waals surface area contributed by atoms with Gasteiger partial charge in [-0.2, -0.15) is 0 Å². The van der Waals surface area contributed by atoms with Gasteiger partial charge < -0.3 is 5.32 Å². The van der Waals surface area contributed by atoms with Crippen LogP contribution in [-0.4, -0.2) is 18.5 Å². The van der Waals surface area contributed by atoms with E-state index in [9.17, 15) is 9.59 Å². The summed E-state index contributed by atoms with van der Waals surface area (Å²) in [6.45, 7) is 0.460. The van der Waals surface area contributed by atoms with Crippen molar-refractivity contribution in [2.24, 2.45) is 5.41 Å². The number of rotatable bonds is 1. The molecule has 0 bridgehead atoms. The SMILES string of the molecule is O=C1NCC2(CCCCCC2)C(=O)N1c1cccc(Cl)c1. The number of hydrogen-bond donors (Lipinski definition) is 1. The lowest BCUT2D eigenvalue weighted by Crippen LogP contribution is -2.60. The third-order valence-corrected chi connectivity index (χ3v) is 4.80. The van der Waals surface area contributed by atoms with Gasteiger partial charge in [0.1, 0.15) is 0 Å². The molecule has 1 aromatic rings. The van der Waals surface area contributed by atoms with Crippen molar-refractivity contribution in [2.75, 3.05) is 11.4 Å². The lowest BCUT2D eigenvalue weighted by molar-refractivity contribution is -0.129. The molecule has 21 heavy (non-hydrogen) atoms. The first kappa shape index (κ1) is 14.4. The predicted molar refractivity (Wildman–Crippen MR) is 82.5 cm³/mol. The average molecular weight is 307 g/mol. The van der Waals surface area contributed by atoms with Crippen molar-refractivity contribution in [3.63, 3.8) is 0 Å². The van der Waals surface area contributed by atoms with E-state index in [-0.39, 0.29) is 11.9 Å². The molecule has 4 nitrogen and oxygen atoms in total. The first-order chi connectivity index (χ1) is 10.1. The van der Waals surface area contributed by atoms with Crippen LogP contribution in [0, 0.1) is 5.41 Å². The zero-order chi connectivity index (χ0) is 14.9. The normalized spacial score (nSPS) is 22.0. The maximum atomic E-state index is 13.0. The van der Waals surface area contributed by atoms with Crippen molar-refractivity contribution in [3.8, 4) is 0 Å². The Kier molecular flexibility index (Phi) is 3.89. The summed E-state index contributed by atoms with van der Waals surface area (Å²) in [7, 11) is 0. The number of imide groups is 1. The van der Waals surface area contributed by atoms with Crippen molar-refractivity contribution < 1.29 is 9.59 Å². The van der Waals surface area contributed by atoms with Gasteiger partial charge >= 0.3 is 6.03 Å². The minimum Gasteiger partial charge on any atom is -0.336 e. The summed E-state index contributed by atoms with van der Waals surface area (Å²) in [5.41, 5.74) is 0.112. The molecule has 1 aliphatic heterocycles. The van der Waals surface area contributed by atoms with Gasteiger partial charge in [0, 0.05) is 11.6 Å². The molecule has 1 saturated heterocycles. The van der Waals surface area contributed by atoms with E-state index in [0.717, 1.165) is 25.7 Å². The number of halogens is 1. The van der Waals surface area contributed by atoms with Crippen molar-refractivity contribution >= 4 is 29.2 Å². The molecule has 0 aromatic heterocycles. The van der Waals surface area contributed by atoms with Crippen LogP contribution in [0.3, 0.4) is 0 Å². The summed E-state index contributed by atoms with van der Waals surface area (Å²) < 4.78 is 0. The molecule has 3 rings (SSSR count). The monoisotopic (exact) mass is 306 g/mol. The molecule has 1 heterocycles. The number of carbonyl (C=O) groups is 2. The van der Waals surface area contributed by atoms with Crippen molar-refractivity contribution in [1.29, 1.82) is 0 Å². The van der Waals surface area contributed by atoms with E-state index < -0.39 is 5.41 Å². The van der Waals surface area contributed by atoms with Crippen molar-refractivity contribution in [3.05, 3.63) is 29.3 Å². The van der Waals surface area contributed by atoms with Gasteiger partial charge in [-0.25, -0.2) is 9.69 Å². The molecule has 1 spiro atoms. The molecular weight excluding hydrogens is 288 g/mol. The number of nitrogens with zero attached hydrogens (tertiary/aromatic N) is 1. The van der Waals surface area contributed by atoms with Gasteiger partial charge in [0.2, 0.25) is 5.91 Å². The highest BCUT2D eigenvalue weighted by atomic mass is 35.5. The van der Waals surface area contributed by atoms with Crippen LogP contribution in [0.25, 0.3) is 0 Å². The van der Waals surface area contributed by atoms with Gasteiger partial charge in [-0.1, -0.05) is 43.4 Å². The second-order valence-electron chi connectivity index (χ2n) is 5.97. The van der Waals surface area contributed by atoms with Gasteiger partial charge in [-0.05, 0) is 31.0 Å². The van der Waals surface area contributed by atoms with Gasteiger partial charge in [0.15, 0.2) is 0 Å². The maximum Gasteiger partial charge on any atom is 0.328 e. The van der Waals surface area contributed by atoms with Crippen molar-refractivity contribution in [2.45, 2.75) is 38.5 Å². The number of benzene rings is 1. The molecule has 1 aromatic carbocycles. The van der Waals surface area contributed by atoms with Gasteiger partial charge in [0.25, 0.3) is 0 Å². The highest BCUT2D eigenvalue weighted by Gasteiger charge is 2.47. The number of hydrogen-bond acceptors (Lipinski definition) is 2. The Balaban J connectivity index is 1.95. The summed E-state index contributed by atoms with van der Waals surface area (Å²) in [6.07, 6.45) is 6.13. The van der Waals surface area contributed by atoms with Crippen LogP contribution >= 0.6 is 11.6 Å². The van der Waals surface area contributed by atoms with E-state index in [2.05, 4.69) is 5.32 Å². The van der Waals surface area contributed by atoms with Gasteiger partial charge in [-0.15, -0.1) is 0 Å². The van der Waals surface area contributed by atoms with Crippen LogP contribution < -0.4 is 10.2 Å². The van der Waals surface area contributed by atoms with Crippen molar-refractivity contribution in [1.82, 2.24) is 5.32 Å².